The molecule has 0 radical (unpaired) electrons. The molecule has 0 saturated carbocycles. The van der Waals surface area contributed by atoms with Crippen molar-refractivity contribution in [1.82, 2.24) is 5.32 Å². The van der Waals surface area contributed by atoms with Crippen LogP contribution in [0.15, 0.2) is 12.2 Å². The molecule has 0 amide bonds. The van der Waals surface area contributed by atoms with Crippen molar-refractivity contribution < 1.29 is 0 Å². The highest BCUT2D eigenvalue weighted by Crippen LogP contribution is 2.15. The number of rotatable bonds is 26. The van der Waals surface area contributed by atoms with Gasteiger partial charge >= 0.3 is 0 Å². The lowest BCUT2D eigenvalue weighted by atomic mass is 10.0. The minimum atomic E-state index is 0.797. The van der Waals surface area contributed by atoms with E-state index in [-0.39, 0.29) is 0 Å². The van der Waals surface area contributed by atoms with Crippen LogP contribution in [0.2, 0.25) is 0 Å². The minimum absolute atomic E-state index is 0.797. The summed E-state index contributed by atoms with van der Waals surface area (Å²) in [4.78, 5) is 1.78. The summed E-state index contributed by atoms with van der Waals surface area (Å²) < 4.78 is 0. The Kier molecular flexibility index (Phi) is 27.1. The van der Waals surface area contributed by atoms with Gasteiger partial charge in [0.2, 0.25) is 0 Å². The fraction of sp³-hybridized carbons (Fsp3) is 0.871. The van der Waals surface area contributed by atoms with E-state index in [9.17, 15) is 0 Å². The van der Waals surface area contributed by atoms with Crippen molar-refractivity contribution in [3.63, 3.8) is 0 Å². The average molecular weight is 510 g/mol. The van der Waals surface area contributed by atoms with Crippen LogP contribution in [-0.4, -0.2) is 9.98 Å². The second kappa shape index (κ2) is 27.3. The summed E-state index contributed by atoms with van der Waals surface area (Å²) in [6.07, 6.45) is 33.2. The van der Waals surface area contributed by atoms with Crippen LogP contribution in [0.5, 0.6) is 0 Å². The van der Waals surface area contributed by atoms with Crippen molar-refractivity contribution in [1.29, 1.82) is 0 Å². The first-order chi connectivity index (χ1) is 16.6. The molecule has 0 aromatic heterocycles. The number of hydrogen-bond donors (Lipinski definition) is 1. The second-order valence-electron chi connectivity index (χ2n) is 10.5. The second-order valence-corrected chi connectivity index (χ2v) is 11.5. The molecule has 1 N–H and O–H groups in total. The molecule has 0 fully saturated rings. The van der Waals surface area contributed by atoms with Gasteiger partial charge in [0.15, 0.2) is 0 Å². The molecule has 0 aliphatic heterocycles. The van der Waals surface area contributed by atoms with Crippen molar-refractivity contribution in [2.24, 2.45) is 0 Å². The predicted molar refractivity (Wildman–Crippen MR) is 164 cm³/mol. The maximum Gasteiger partial charge on any atom is 0.0841 e. The molecular weight excluding hydrogens is 450 g/mol. The van der Waals surface area contributed by atoms with Gasteiger partial charge in [0, 0.05) is 6.42 Å². The normalized spacial score (nSPS) is 11.0. The molecule has 34 heavy (non-hydrogen) atoms. The molecule has 0 saturated heterocycles. The van der Waals surface area contributed by atoms with Gasteiger partial charge in [-0.1, -0.05) is 179 Å². The van der Waals surface area contributed by atoms with E-state index < -0.39 is 0 Å². The fourth-order valence-corrected chi connectivity index (χ4v) is 5.23. The lowest BCUT2D eigenvalue weighted by molar-refractivity contribution is 0.546. The molecule has 0 unspecified atom stereocenters. The van der Waals surface area contributed by atoms with Crippen LogP contribution in [0.4, 0.5) is 0 Å². The maximum absolute atomic E-state index is 5.52. The van der Waals surface area contributed by atoms with Crippen molar-refractivity contribution in [2.75, 3.05) is 0 Å². The van der Waals surface area contributed by atoms with Crippen LogP contribution in [0.25, 0.3) is 0 Å². The SMILES string of the molecule is C=C(CCCCCCCCCCCC)CC(=S)NC(=S)CCCCCCCCCCCCCC. The van der Waals surface area contributed by atoms with Crippen molar-refractivity contribution in [3.05, 3.63) is 12.2 Å². The van der Waals surface area contributed by atoms with E-state index in [0.717, 1.165) is 29.2 Å². The van der Waals surface area contributed by atoms with Gasteiger partial charge in [-0.2, -0.15) is 0 Å². The molecule has 200 valence electrons. The quantitative estimate of drug-likeness (QED) is 0.0707. The summed E-state index contributed by atoms with van der Waals surface area (Å²) in [6.45, 7) is 8.81. The summed E-state index contributed by atoms with van der Waals surface area (Å²) >= 11 is 11.0. The molecule has 0 aromatic carbocycles. The van der Waals surface area contributed by atoms with Crippen LogP contribution in [0, 0.1) is 0 Å². The standard InChI is InChI=1S/C31H59NS2/c1-4-6-8-10-12-14-16-17-19-21-23-25-27-30(33)32-31(34)28-29(3)26-24-22-20-18-15-13-11-9-7-5-2/h3-28H2,1-2H3,(H,32,33,34). The molecule has 0 bridgehead atoms. The van der Waals surface area contributed by atoms with E-state index in [4.69, 9.17) is 24.4 Å². The van der Waals surface area contributed by atoms with Gasteiger partial charge in [0.25, 0.3) is 0 Å². The topological polar surface area (TPSA) is 12.0 Å². The largest absolute Gasteiger partial charge is 0.344 e. The highest BCUT2D eigenvalue weighted by Gasteiger charge is 2.04. The lowest BCUT2D eigenvalue weighted by Gasteiger charge is -2.11. The molecule has 0 aliphatic carbocycles. The van der Waals surface area contributed by atoms with Crippen molar-refractivity contribution >= 4 is 34.4 Å². The third-order valence-electron chi connectivity index (χ3n) is 6.83. The van der Waals surface area contributed by atoms with Gasteiger partial charge < -0.3 is 5.32 Å². The van der Waals surface area contributed by atoms with Crippen LogP contribution in [0.1, 0.15) is 174 Å². The molecular formula is C31H59NS2. The third kappa shape index (κ3) is 26.3. The van der Waals surface area contributed by atoms with Gasteiger partial charge in [-0.15, -0.1) is 0 Å². The lowest BCUT2D eigenvalue weighted by Crippen LogP contribution is -2.27. The smallest absolute Gasteiger partial charge is 0.0841 e. The Balaban J connectivity index is 3.45. The number of hydrogen-bond acceptors (Lipinski definition) is 2. The Hall–Kier alpha value is -0.280. The monoisotopic (exact) mass is 509 g/mol. The highest BCUT2D eigenvalue weighted by molar-refractivity contribution is 7.81. The Labute approximate surface area is 225 Å². The number of unbranched alkanes of at least 4 members (excludes halogenated alkanes) is 20. The van der Waals surface area contributed by atoms with Crippen molar-refractivity contribution in [3.8, 4) is 0 Å². The summed E-state index contributed by atoms with van der Waals surface area (Å²) in [5.41, 5.74) is 1.25. The zero-order valence-corrected chi connectivity index (χ0v) is 24.8. The molecule has 0 heterocycles. The molecule has 0 aromatic rings. The van der Waals surface area contributed by atoms with Gasteiger partial charge in [-0.3, -0.25) is 0 Å². The molecule has 0 spiro atoms. The Morgan fingerprint density at radius 2 is 0.794 bits per heavy atom. The first kappa shape index (κ1) is 33.7. The van der Waals surface area contributed by atoms with Gasteiger partial charge in [0.05, 0.1) is 9.98 Å². The van der Waals surface area contributed by atoms with E-state index in [2.05, 4.69) is 25.7 Å². The molecule has 0 atom stereocenters. The maximum atomic E-state index is 5.52. The minimum Gasteiger partial charge on any atom is -0.344 e. The van der Waals surface area contributed by atoms with Gasteiger partial charge in [-0.05, 0) is 25.7 Å². The molecule has 3 heteroatoms. The summed E-state index contributed by atoms with van der Waals surface area (Å²) in [5.74, 6) is 0. The molecule has 1 nitrogen and oxygen atoms in total. The van der Waals surface area contributed by atoms with Crippen molar-refractivity contribution in [2.45, 2.75) is 174 Å². The average Bonchev–Trinajstić information content (AvgIpc) is 2.80. The van der Waals surface area contributed by atoms with E-state index in [1.807, 2.05) is 0 Å². The first-order valence-corrected chi connectivity index (χ1v) is 15.9. The third-order valence-corrected chi connectivity index (χ3v) is 7.38. The van der Waals surface area contributed by atoms with Crippen LogP contribution in [-0.2, 0) is 0 Å². The Bertz CT molecular complexity index is 486. The first-order valence-electron chi connectivity index (χ1n) is 15.1. The zero-order valence-electron chi connectivity index (χ0n) is 23.2. The van der Waals surface area contributed by atoms with Crippen LogP contribution in [0.3, 0.4) is 0 Å². The number of thiocarbonyl (C=S) groups is 2. The van der Waals surface area contributed by atoms with E-state index >= 15 is 0 Å². The summed E-state index contributed by atoms with van der Waals surface area (Å²) in [7, 11) is 0. The highest BCUT2D eigenvalue weighted by atomic mass is 32.1. The summed E-state index contributed by atoms with van der Waals surface area (Å²) in [5, 5.41) is 3.29. The Morgan fingerprint density at radius 3 is 1.18 bits per heavy atom. The van der Waals surface area contributed by atoms with Gasteiger partial charge in [-0.25, -0.2) is 0 Å². The fourth-order valence-electron chi connectivity index (χ4n) is 4.57. The van der Waals surface area contributed by atoms with E-state index in [0.29, 0.717) is 0 Å². The molecule has 0 aliphatic rings. The van der Waals surface area contributed by atoms with Crippen LogP contribution >= 0.6 is 24.4 Å². The Morgan fingerprint density at radius 1 is 0.471 bits per heavy atom. The van der Waals surface area contributed by atoms with Crippen LogP contribution < -0.4 is 5.32 Å². The molecule has 0 rings (SSSR count). The predicted octanol–water partition coefficient (Wildman–Crippen LogP) is 11.6. The van der Waals surface area contributed by atoms with E-state index in [1.54, 1.807) is 0 Å². The van der Waals surface area contributed by atoms with Gasteiger partial charge in [0.1, 0.15) is 0 Å². The zero-order chi connectivity index (χ0) is 25.1. The number of nitrogens with one attached hydrogen (secondary N) is 1. The summed E-state index contributed by atoms with van der Waals surface area (Å²) in [6, 6.07) is 0. The van der Waals surface area contributed by atoms with E-state index in [1.165, 1.54) is 147 Å².